The van der Waals surface area contributed by atoms with E-state index in [1.54, 1.807) is 13.2 Å². The fraction of sp³-hybridized carbons (Fsp3) is 0.500. The predicted molar refractivity (Wildman–Crippen MR) is 129 cm³/mol. The lowest BCUT2D eigenvalue weighted by atomic mass is 9.81. The SMILES string of the molecule is C=CC(=C)[C@@H]1[C@H](C=O)[C@H](Cc2ccc(OC)c(O[Si](C)(C)C(C)(C)C)c2)C[C@H]1C=C. The molecule has 0 aliphatic heterocycles. The summed E-state index contributed by atoms with van der Waals surface area (Å²) in [6.45, 7) is 23.1. The van der Waals surface area contributed by atoms with E-state index in [4.69, 9.17) is 9.16 Å². The van der Waals surface area contributed by atoms with Crippen molar-refractivity contribution in [1.82, 2.24) is 0 Å². The summed E-state index contributed by atoms with van der Waals surface area (Å²) < 4.78 is 12.1. The van der Waals surface area contributed by atoms with Gasteiger partial charge in [-0.05, 0) is 66.4 Å². The van der Waals surface area contributed by atoms with E-state index < -0.39 is 8.32 Å². The first kappa shape index (κ1) is 24.2. The second-order valence-electron chi connectivity index (χ2n) is 9.97. The Morgan fingerprint density at radius 2 is 1.90 bits per heavy atom. The predicted octanol–water partition coefficient (Wildman–Crippen LogP) is 6.62. The number of benzene rings is 1. The van der Waals surface area contributed by atoms with Gasteiger partial charge < -0.3 is 14.0 Å². The molecule has 2 rings (SSSR count). The number of rotatable bonds is 9. The van der Waals surface area contributed by atoms with E-state index in [-0.39, 0.29) is 28.7 Å². The molecule has 164 valence electrons. The van der Waals surface area contributed by atoms with E-state index in [0.717, 1.165) is 41.8 Å². The third kappa shape index (κ3) is 4.97. The molecule has 0 bridgehead atoms. The van der Waals surface area contributed by atoms with E-state index in [1.807, 2.05) is 12.1 Å². The second kappa shape index (κ2) is 9.38. The highest BCUT2D eigenvalue weighted by atomic mass is 28.4. The maximum Gasteiger partial charge on any atom is 0.250 e. The van der Waals surface area contributed by atoms with Gasteiger partial charge in [-0.1, -0.05) is 57.7 Å². The Balaban J connectivity index is 2.32. The van der Waals surface area contributed by atoms with Crippen LogP contribution in [-0.2, 0) is 11.2 Å². The van der Waals surface area contributed by atoms with Gasteiger partial charge in [0.1, 0.15) is 12.0 Å². The van der Waals surface area contributed by atoms with Crippen molar-refractivity contribution < 1.29 is 14.0 Å². The minimum atomic E-state index is -2.00. The molecule has 1 aliphatic rings. The molecule has 30 heavy (non-hydrogen) atoms. The second-order valence-corrected chi connectivity index (χ2v) is 14.7. The first-order chi connectivity index (χ1) is 14.0. The summed E-state index contributed by atoms with van der Waals surface area (Å²) in [5.74, 6) is 2.05. The van der Waals surface area contributed by atoms with Crippen molar-refractivity contribution in [2.24, 2.45) is 23.7 Å². The Morgan fingerprint density at radius 1 is 1.23 bits per heavy atom. The lowest BCUT2D eigenvalue weighted by molar-refractivity contribution is -0.112. The van der Waals surface area contributed by atoms with Crippen molar-refractivity contribution in [3.63, 3.8) is 0 Å². The van der Waals surface area contributed by atoms with E-state index in [2.05, 4.69) is 65.7 Å². The molecule has 4 heteroatoms. The topological polar surface area (TPSA) is 35.5 Å². The first-order valence-corrected chi connectivity index (χ1v) is 13.6. The number of aldehydes is 1. The van der Waals surface area contributed by atoms with Gasteiger partial charge in [0, 0.05) is 5.92 Å². The molecule has 0 unspecified atom stereocenters. The Bertz CT molecular complexity index is 803. The van der Waals surface area contributed by atoms with Gasteiger partial charge in [0.2, 0.25) is 0 Å². The van der Waals surface area contributed by atoms with Crippen LogP contribution in [0.2, 0.25) is 18.1 Å². The Kier molecular flexibility index (Phi) is 7.57. The van der Waals surface area contributed by atoms with E-state index in [1.165, 1.54) is 0 Å². The number of ether oxygens (including phenoxy) is 1. The number of allylic oxidation sites excluding steroid dienone is 3. The van der Waals surface area contributed by atoms with E-state index >= 15 is 0 Å². The summed E-state index contributed by atoms with van der Waals surface area (Å²) in [7, 11) is -0.327. The summed E-state index contributed by atoms with van der Waals surface area (Å²) in [5.41, 5.74) is 2.09. The maximum atomic E-state index is 12.0. The molecule has 0 heterocycles. The lowest BCUT2D eigenvalue weighted by Gasteiger charge is -2.37. The van der Waals surface area contributed by atoms with Crippen LogP contribution >= 0.6 is 0 Å². The van der Waals surface area contributed by atoms with Gasteiger partial charge in [-0.25, -0.2) is 0 Å². The van der Waals surface area contributed by atoms with Gasteiger partial charge in [-0.2, -0.15) is 0 Å². The zero-order valence-corrected chi connectivity index (χ0v) is 20.5. The van der Waals surface area contributed by atoms with Crippen LogP contribution in [0, 0.1) is 23.7 Å². The largest absolute Gasteiger partial charge is 0.541 e. The molecule has 0 aromatic heterocycles. The van der Waals surface area contributed by atoms with Gasteiger partial charge in [0.05, 0.1) is 7.11 Å². The van der Waals surface area contributed by atoms with Gasteiger partial charge in [-0.15, -0.1) is 6.58 Å². The monoisotopic (exact) mass is 426 g/mol. The molecular weight excluding hydrogens is 388 g/mol. The molecule has 0 radical (unpaired) electrons. The number of hydrogen-bond acceptors (Lipinski definition) is 3. The smallest absolute Gasteiger partial charge is 0.250 e. The van der Waals surface area contributed by atoms with Crippen molar-refractivity contribution in [3.8, 4) is 11.5 Å². The third-order valence-electron chi connectivity index (χ3n) is 7.04. The van der Waals surface area contributed by atoms with Crippen LogP contribution in [0.4, 0.5) is 0 Å². The molecule has 4 atom stereocenters. The highest BCUT2D eigenvalue weighted by molar-refractivity contribution is 6.74. The molecule has 0 N–H and O–H groups in total. The molecule has 3 nitrogen and oxygen atoms in total. The quantitative estimate of drug-likeness (QED) is 0.193. The van der Waals surface area contributed by atoms with Gasteiger partial charge >= 0.3 is 0 Å². The van der Waals surface area contributed by atoms with Crippen LogP contribution in [0.25, 0.3) is 0 Å². The fourth-order valence-electron chi connectivity index (χ4n) is 4.21. The molecule has 1 aliphatic carbocycles. The lowest BCUT2D eigenvalue weighted by Crippen LogP contribution is -2.43. The number of carbonyl (C=O) groups is 1. The molecule has 1 aromatic rings. The zero-order valence-electron chi connectivity index (χ0n) is 19.5. The Morgan fingerprint density at radius 3 is 2.40 bits per heavy atom. The maximum absolute atomic E-state index is 12.0. The molecule has 1 saturated carbocycles. The molecule has 1 fully saturated rings. The van der Waals surface area contributed by atoms with Crippen molar-refractivity contribution in [3.05, 3.63) is 61.2 Å². The fourth-order valence-corrected chi connectivity index (χ4v) is 5.22. The summed E-state index contributed by atoms with van der Waals surface area (Å²) in [4.78, 5) is 12.0. The summed E-state index contributed by atoms with van der Waals surface area (Å²) in [6.07, 6.45) is 6.58. The van der Waals surface area contributed by atoms with Crippen LogP contribution in [0.1, 0.15) is 32.8 Å². The van der Waals surface area contributed by atoms with Gasteiger partial charge in [0.25, 0.3) is 8.32 Å². The number of methoxy groups -OCH3 is 1. The van der Waals surface area contributed by atoms with E-state index in [9.17, 15) is 4.79 Å². The zero-order chi connectivity index (χ0) is 22.7. The highest BCUT2D eigenvalue weighted by Gasteiger charge is 2.43. The van der Waals surface area contributed by atoms with Gasteiger partial charge in [-0.3, -0.25) is 0 Å². The third-order valence-corrected chi connectivity index (χ3v) is 11.4. The summed E-state index contributed by atoms with van der Waals surface area (Å²) in [5, 5.41) is 0.0948. The van der Waals surface area contributed by atoms with Crippen LogP contribution < -0.4 is 9.16 Å². The Labute approximate surface area is 184 Å². The molecular formula is C26H38O3Si. The molecule has 1 aromatic carbocycles. The van der Waals surface area contributed by atoms with Crippen molar-refractivity contribution in [2.45, 2.75) is 51.7 Å². The molecule has 0 amide bonds. The normalized spacial score (nSPS) is 24.2. The highest BCUT2D eigenvalue weighted by Crippen LogP contribution is 2.47. The average Bonchev–Trinajstić information content (AvgIpc) is 3.03. The average molecular weight is 427 g/mol. The van der Waals surface area contributed by atoms with Crippen LogP contribution in [0.5, 0.6) is 11.5 Å². The first-order valence-electron chi connectivity index (χ1n) is 10.7. The minimum Gasteiger partial charge on any atom is -0.541 e. The van der Waals surface area contributed by atoms with Crippen molar-refractivity contribution in [1.29, 1.82) is 0 Å². The van der Waals surface area contributed by atoms with Gasteiger partial charge in [0.15, 0.2) is 5.75 Å². The standard InChI is InChI=1S/C26H38O3Si/c1-10-18(3)25-20(11-2)16-21(22(25)17-27)14-19-12-13-23(28-7)24(15-19)29-30(8,9)26(4,5)6/h10-13,15,17,20-22,25H,1-3,14,16H2,4-9H3/t20-,21-,22-,25+/m1/s1. The minimum absolute atomic E-state index is 0.0784. The van der Waals surface area contributed by atoms with Crippen LogP contribution in [0.15, 0.2) is 55.7 Å². The molecule has 0 saturated heterocycles. The Hall–Kier alpha value is -2.07. The van der Waals surface area contributed by atoms with Crippen molar-refractivity contribution >= 4 is 14.6 Å². The summed E-state index contributed by atoms with van der Waals surface area (Å²) >= 11 is 0. The number of hydrogen-bond donors (Lipinski definition) is 0. The van der Waals surface area contributed by atoms with Crippen LogP contribution in [-0.4, -0.2) is 21.7 Å². The van der Waals surface area contributed by atoms with E-state index in [0.29, 0.717) is 0 Å². The van der Waals surface area contributed by atoms with Crippen LogP contribution in [0.3, 0.4) is 0 Å². The summed E-state index contributed by atoms with van der Waals surface area (Å²) in [6, 6.07) is 6.16. The molecule has 0 spiro atoms. The van der Waals surface area contributed by atoms with Crippen molar-refractivity contribution in [2.75, 3.05) is 7.11 Å². The number of carbonyl (C=O) groups excluding carboxylic acids is 1.